The number of hydrogen-bond acceptors (Lipinski definition) is 4. The smallest absolute Gasteiger partial charge is 0.320 e. The standard InChI is InChI=1S/C13H20N2O2S/c1-9-12(18-10(2)14-9)8-15-7-5-3-4-6-11(15)13(16)17/h11H,3-8H2,1-2H3,(H,16,17). The number of hydrogen-bond donors (Lipinski definition) is 1. The fourth-order valence-electron chi connectivity index (χ4n) is 2.54. The van der Waals surface area contributed by atoms with Gasteiger partial charge >= 0.3 is 5.97 Å². The first-order chi connectivity index (χ1) is 8.58. The van der Waals surface area contributed by atoms with Gasteiger partial charge in [-0.15, -0.1) is 11.3 Å². The Hall–Kier alpha value is -0.940. The van der Waals surface area contributed by atoms with Crippen molar-refractivity contribution in [3.05, 3.63) is 15.6 Å². The third kappa shape index (κ3) is 3.09. The van der Waals surface area contributed by atoms with E-state index in [2.05, 4.69) is 9.88 Å². The highest BCUT2D eigenvalue weighted by molar-refractivity contribution is 7.11. The molecule has 0 saturated carbocycles. The van der Waals surface area contributed by atoms with E-state index >= 15 is 0 Å². The summed E-state index contributed by atoms with van der Waals surface area (Å²) < 4.78 is 0. The molecule has 2 rings (SSSR count). The molecule has 0 aromatic carbocycles. The zero-order valence-electron chi connectivity index (χ0n) is 11.0. The van der Waals surface area contributed by atoms with Crippen LogP contribution in [-0.4, -0.2) is 33.5 Å². The van der Waals surface area contributed by atoms with E-state index in [-0.39, 0.29) is 6.04 Å². The van der Waals surface area contributed by atoms with Gasteiger partial charge in [-0.1, -0.05) is 12.8 Å². The van der Waals surface area contributed by atoms with Crippen molar-refractivity contribution in [1.29, 1.82) is 0 Å². The topological polar surface area (TPSA) is 53.4 Å². The molecule has 1 aromatic rings. The van der Waals surface area contributed by atoms with Gasteiger partial charge in [-0.3, -0.25) is 9.69 Å². The van der Waals surface area contributed by atoms with Crippen molar-refractivity contribution < 1.29 is 9.90 Å². The van der Waals surface area contributed by atoms with Gasteiger partial charge in [0.1, 0.15) is 6.04 Å². The molecule has 4 nitrogen and oxygen atoms in total. The second kappa shape index (κ2) is 5.80. The molecule has 18 heavy (non-hydrogen) atoms. The van der Waals surface area contributed by atoms with E-state index in [1.54, 1.807) is 11.3 Å². The predicted octanol–water partition coefficient (Wildman–Crippen LogP) is 2.59. The zero-order valence-corrected chi connectivity index (χ0v) is 11.8. The first kappa shape index (κ1) is 13.5. The molecule has 0 amide bonds. The number of aromatic nitrogens is 1. The molecule has 1 saturated heterocycles. The minimum absolute atomic E-state index is 0.325. The molecular weight excluding hydrogens is 248 g/mol. The van der Waals surface area contributed by atoms with Crippen LogP contribution in [0.25, 0.3) is 0 Å². The maximum absolute atomic E-state index is 11.3. The lowest BCUT2D eigenvalue weighted by Gasteiger charge is -2.26. The van der Waals surface area contributed by atoms with Gasteiger partial charge in [0.25, 0.3) is 0 Å². The van der Waals surface area contributed by atoms with Crippen molar-refractivity contribution in [2.45, 2.75) is 52.1 Å². The molecule has 0 spiro atoms. The van der Waals surface area contributed by atoms with Crippen LogP contribution >= 0.6 is 11.3 Å². The van der Waals surface area contributed by atoms with E-state index < -0.39 is 5.97 Å². The quantitative estimate of drug-likeness (QED) is 0.915. The van der Waals surface area contributed by atoms with Crippen molar-refractivity contribution in [2.24, 2.45) is 0 Å². The summed E-state index contributed by atoms with van der Waals surface area (Å²) in [6.07, 6.45) is 4.03. The number of aryl methyl sites for hydroxylation is 2. The third-order valence-electron chi connectivity index (χ3n) is 3.50. The number of nitrogens with zero attached hydrogens (tertiary/aromatic N) is 2. The molecule has 1 atom stereocenters. The average Bonchev–Trinajstić information content (AvgIpc) is 2.52. The van der Waals surface area contributed by atoms with Crippen LogP contribution in [0.5, 0.6) is 0 Å². The number of carboxylic acids is 1. The minimum Gasteiger partial charge on any atom is -0.480 e. The fraction of sp³-hybridized carbons (Fsp3) is 0.692. The van der Waals surface area contributed by atoms with Gasteiger partial charge in [0.15, 0.2) is 0 Å². The van der Waals surface area contributed by atoms with Crippen molar-refractivity contribution in [3.63, 3.8) is 0 Å². The molecule has 2 heterocycles. The normalized spacial score (nSPS) is 21.8. The SMILES string of the molecule is Cc1nc(C)c(CN2CCCCCC2C(=O)O)s1. The third-order valence-corrected chi connectivity index (χ3v) is 4.55. The molecule has 0 aliphatic carbocycles. The predicted molar refractivity (Wildman–Crippen MR) is 71.9 cm³/mol. The van der Waals surface area contributed by atoms with Gasteiger partial charge in [-0.05, 0) is 33.2 Å². The van der Waals surface area contributed by atoms with Gasteiger partial charge in [0.05, 0.1) is 10.7 Å². The average molecular weight is 268 g/mol. The highest BCUT2D eigenvalue weighted by Crippen LogP contribution is 2.24. The van der Waals surface area contributed by atoms with E-state index in [4.69, 9.17) is 0 Å². The molecule has 100 valence electrons. The van der Waals surface area contributed by atoms with Crippen LogP contribution in [0.2, 0.25) is 0 Å². The summed E-state index contributed by atoms with van der Waals surface area (Å²) in [7, 11) is 0. The van der Waals surface area contributed by atoms with Crippen LogP contribution in [0.3, 0.4) is 0 Å². The highest BCUT2D eigenvalue weighted by Gasteiger charge is 2.27. The van der Waals surface area contributed by atoms with Crippen LogP contribution in [0.4, 0.5) is 0 Å². The Morgan fingerprint density at radius 1 is 1.44 bits per heavy atom. The first-order valence-electron chi connectivity index (χ1n) is 6.47. The first-order valence-corrected chi connectivity index (χ1v) is 7.29. The molecule has 0 radical (unpaired) electrons. The molecule has 1 aliphatic rings. The van der Waals surface area contributed by atoms with Gasteiger partial charge in [0.2, 0.25) is 0 Å². The van der Waals surface area contributed by atoms with Crippen LogP contribution in [0.15, 0.2) is 0 Å². The van der Waals surface area contributed by atoms with E-state index in [0.717, 1.165) is 49.5 Å². The fourth-order valence-corrected chi connectivity index (χ4v) is 3.50. The van der Waals surface area contributed by atoms with Crippen molar-refractivity contribution in [2.75, 3.05) is 6.54 Å². The molecule has 5 heteroatoms. The zero-order chi connectivity index (χ0) is 13.1. The highest BCUT2D eigenvalue weighted by atomic mass is 32.1. The van der Waals surface area contributed by atoms with Gasteiger partial charge < -0.3 is 5.11 Å². The lowest BCUT2D eigenvalue weighted by atomic mass is 10.1. The Kier molecular flexibility index (Phi) is 4.35. The van der Waals surface area contributed by atoms with Gasteiger partial charge in [0, 0.05) is 11.4 Å². The second-order valence-electron chi connectivity index (χ2n) is 4.92. The van der Waals surface area contributed by atoms with Gasteiger partial charge in [-0.25, -0.2) is 4.98 Å². The lowest BCUT2D eigenvalue weighted by molar-refractivity contribution is -0.143. The number of aliphatic carboxylic acids is 1. The summed E-state index contributed by atoms with van der Waals surface area (Å²) in [5.74, 6) is -0.684. The summed E-state index contributed by atoms with van der Waals surface area (Å²) in [5.41, 5.74) is 1.05. The molecule has 1 N–H and O–H groups in total. The maximum Gasteiger partial charge on any atom is 0.320 e. The Bertz CT molecular complexity index is 431. The monoisotopic (exact) mass is 268 g/mol. The summed E-state index contributed by atoms with van der Waals surface area (Å²) in [6, 6.07) is -0.325. The Morgan fingerprint density at radius 3 is 2.83 bits per heavy atom. The number of carbonyl (C=O) groups is 1. The molecular formula is C13H20N2O2S. The van der Waals surface area contributed by atoms with Crippen LogP contribution in [0.1, 0.15) is 41.3 Å². The summed E-state index contributed by atoms with van der Waals surface area (Å²) >= 11 is 1.68. The van der Waals surface area contributed by atoms with E-state index in [1.807, 2.05) is 13.8 Å². The molecule has 0 bridgehead atoms. The summed E-state index contributed by atoms with van der Waals surface area (Å²) in [4.78, 5) is 19.1. The van der Waals surface area contributed by atoms with Crippen LogP contribution in [-0.2, 0) is 11.3 Å². The van der Waals surface area contributed by atoms with Gasteiger partial charge in [-0.2, -0.15) is 0 Å². The van der Waals surface area contributed by atoms with Crippen LogP contribution < -0.4 is 0 Å². The van der Waals surface area contributed by atoms with Crippen molar-refractivity contribution >= 4 is 17.3 Å². The largest absolute Gasteiger partial charge is 0.480 e. The molecule has 1 fully saturated rings. The molecule has 1 aromatic heterocycles. The van der Waals surface area contributed by atoms with E-state index in [9.17, 15) is 9.90 Å². The lowest BCUT2D eigenvalue weighted by Crippen LogP contribution is -2.40. The van der Waals surface area contributed by atoms with E-state index in [1.165, 1.54) is 4.88 Å². The Balaban J connectivity index is 2.13. The molecule has 1 unspecified atom stereocenters. The Morgan fingerprint density at radius 2 is 2.22 bits per heavy atom. The van der Waals surface area contributed by atoms with Crippen molar-refractivity contribution in [1.82, 2.24) is 9.88 Å². The van der Waals surface area contributed by atoms with Crippen molar-refractivity contribution in [3.8, 4) is 0 Å². The minimum atomic E-state index is -0.684. The number of rotatable bonds is 3. The number of likely N-dealkylation sites (tertiary alicyclic amines) is 1. The van der Waals surface area contributed by atoms with E-state index in [0.29, 0.717) is 0 Å². The Labute approximate surface area is 112 Å². The number of carboxylic acid groups (broad SMARTS) is 1. The number of thiazole rings is 1. The second-order valence-corrected chi connectivity index (χ2v) is 6.20. The van der Waals surface area contributed by atoms with Crippen LogP contribution in [0, 0.1) is 13.8 Å². The summed E-state index contributed by atoms with van der Waals surface area (Å²) in [5, 5.41) is 10.4. The maximum atomic E-state index is 11.3. The molecule has 1 aliphatic heterocycles. The summed E-state index contributed by atoms with van der Waals surface area (Å²) in [6.45, 7) is 5.62.